The number of imide groups is 1. The number of fused-ring (bicyclic) bond motifs is 1. The van der Waals surface area contributed by atoms with Crippen molar-refractivity contribution in [3.05, 3.63) is 82.4 Å². The van der Waals surface area contributed by atoms with Crippen LogP contribution in [0.4, 0.5) is 0 Å². The summed E-state index contributed by atoms with van der Waals surface area (Å²) in [5.41, 5.74) is 4.47. The Kier molecular flexibility index (Phi) is 8.37. The SMILES string of the molecule is C=CCCCCCCCc1ccc(COC(=O)Cc2cccc3c2C(=O)NC3=O)c(C)c1. The van der Waals surface area contributed by atoms with E-state index in [4.69, 9.17) is 4.74 Å². The van der Waals surface area contributed by atoms with Gasteiger partial charge < -0.3 is 4.74 Å². The highest BCUT2D eigenvalue weighted by molar-refractivity contribution is 6.22. The standard InChI is InChI=1S/C27H31NO4/c1-3-4-5-6-7-8-9-11-20-14-15-22(19(2)16-20)18-32-24(29)17-21-12-10-13-23-25(21)27(31)28-26(23)30/h3,10,12-16H,1,4-9,11,17-18H2,2H3,(H,28,30,31). The van der Waals surface area contributed by atoms with Gasteiger partial charge in [-0.15, -0.1) is 6.58 Å². The van der Waals surface area contributed by atoms with E-state index in [1.54, 1.807) is 18.2 Å². The first kappa shape index (κ1) is 23.5. The molecule has 0 unspecified atom stereocenters. The molecule has 0 fully saturated rings. The number of carbonyl (C=O) groups is 3. The Balaban J connectivity index is 1.47. The predicted octanol–water partition coefficient (Wildman–Crippen LogP) is 5.23. The molecule has 1 N–H and O–H groups in total. The maximum absolute atomic E-state index is 12.4. The van der Waals surface area contributed by atoms with E-state index in [2.05, 4.69) is 24.0 Å². The van der Waals surface area contributed by atoms with Gasteiger partial charge in [-0.05, 0) is 60.9 Å². The molecule has 3 rings (SSSR count). The van der Waals surface area contributed by atoms with E-state index in [9.17, 15) is 14.4 Å². The zero-order chi connectivity index (χ0) is 22.9. The molecule has 0 aliphatic carbocycles. The molecule has 2 amide bonds. The minimum Gasteiger partial charge on any atom is -0.461 e. The second-order valence-corrected chi connectivity index (χ2v) is 8.32. The van der Waals surface area contributed by atoms with Gasteiger partial charge >= 0.3 is 5.97 Å². The number of benzene rings is 2. The van der Waals surface area contributed by atoms with Crippen LogP contribution in [0.1, 0.15) is 81.5 Å². The van der Waals surface area contributed by atoms with Crippen LogP contribution in [0.25, 0.3) is 0 Å². The molecule has 168 valence electrons. The molecular weight excluding hydrogens is 402 g/mol. The topological polar surface area (TPSA) is 72.5 Å². The summed E-state index contributed by atoms with van der Waals surface area (Å²) in [6, 6.07) is 11.2. The first-order valence-electron chi connectivity index (χ1n) is 11.3. The summed E-state index contributed by atoms with van der Waals surface area (Å²) in [6.07, 6.45) is 10.3. The van der Waals surface area contributed by atoms with Crippen molar-refractivity contribution in [2.45, 2.75) is 64.9 Å². The van der Waals surface area contributed by atoms with Crippen molar-refractivity contribution < 1.29 is 19.1 Å². The molecule has 0 spiro atoms. The van der Waals surface area contributed by atoms with Crippen molar-refractivity contribution in [3.63, 3.8) is 0 Å². The molecule has 0 aromatic heterocycles. The van der Waals surface area contributed by atoms with E-state index >= 15 is 0 Å². The van der Waals surface area contributed by atoms with Gasteiger partial charge in [-0.1, -0.05) is 55.7 Å². The average molecular weight is 434 g/mol. The highest BCUT2D eigenvalue weighted by Gasteiger charge is 2.29. The van der Waals surface area contributed by atoms with Crippen LogP contribution >= 0.6 is 0 Å². The van der Waals surface area contributed by atoms with Gasteiger partial charge in [0.2, 0.25) is 0 Å². The molecule has 1 aliphatic rings. The van der Waals surface area contributed by atoms with Crippen molar-refractivity contribution in [2.75, 3.05) is 0 Å². The number of hydrogen-bond acceptors (Lipinski definition) is 4. The molecule has 1 aliphatic heterocycles. The fraction of sp³-hybridized carbons (Fsp3) is 0.370. The zero-order valence-electron chi connectivity index (χ0n) is 18.7. The molecule has 5 heteroatoms. The van der Waals surface area contributed by atoms with E-state index in [1.165, 1.54) is 37.7 Å². The Morgan fingerprint density at radius 3 is 2.56 bits per heavy atom. The number of aryl methyl sites for hydroxylation is 2. The minimum atomic E-state index is -0.461. The van der Waals surface area contributed by atoms with Crippen LogP contribution in [0.15, 0.2) is 49.1 Å². The fourth-order valence-electron chi connectivity index (χ4n) is 4.03. The number of hydrogen-bond donors (Lipinski definition) is 1. The van der Waals surface area contributed by atoms with Crippen molar-refractivity contribution in [2.24, 2.45) is 0 Å². The first-order chi connectivity index (χ1) is 15.5. The van der Waals surface area contributed by atoms with E-state index in [0.717, 1.165) is 24.0 Å². The summed E-state index contributed by atoms with van der Waals surface area (Å²) < 4.78 is 5.46. The summed E-state index contributed by atoms with van der Waals surface area (Å²) in [6.45, 7) is 5.97. The largest absolute Gasteiger partial charge is 0.461 e. The van der Waals surface area contributed by atoms with Crippen molar-refractivity contribution >= 4 is 17.8 Å². The fourth-order valence-corrected chi connectivity index (χ4v) is 4.03. The predicted molar refractivity (Wildman–Crippen MR) is 125 cm³/mol. The highest BCUT2D eigenvalue weighted by atomic mass is 16.5. The lowest BCUT2D eigenvalue weighted by Gasteiger charge is -2.11. The Morgan fingerprint density at radius 2 is 1.78 bits per heavy atom. The number of rotatable bonds is 12. The van der Waals surface area contributed by atoms with Crippen LogP contribution in [0.3, 0.4) is 0 Å². The van der Waals surface area contributed by atoms with E-state index < -0.39 is 17.8 Å². The van der Waals surface area contributed by atoms with Gasteiger partial charge in [-0.3, -0.25) is 19.7 Å². The van der Waals surface area contributed by atoms with Gasteiger partial charge in [0.1, 0.15) is 6.61 Å². The normalized spacial score (nSPS) is 12.4. The highest BCUT2D eigenvalue weighted by Crippen LogP contribution is 2.21. The molecule has 0 atom stereocenters. The molecule has 2 aromatic carbocycles. The number of unbranched alkanes of at least 4 members (excludes halogenated alkanes) is 5. The van der Waals surface area contributed by atoms with E-state index in [-0.39, 0.29) is 18.6 Å². The molecule has 32 heavy (non-hydrogen) atoms. The molecule has 5 nitrogen and oxygen atoms in total. The van der Waals surface area contributed by atoms with Crippen molar-refractivity contribution in [3.8, 4) is 0 Å². The third-order valence-electron chi connectivity index (χ3n) is 5.85. The van der Waals surface area contributed by atoms with Gasteiger partial charge in [-0.25, -0.2) is 0 Å². The number of carbonyl (C=O) groups excluding carboxylic acids is 3. The van der Waals surface area contributed by atoms with Crippen LogP contribution in [-0.2, 0) is 29.0 Å². The van der Waals surface area contributed by atoms with E-state index in [1.807, 2.05) is 19.1 Å². The third kappa shape index (κ3) is 6.16. The summed E-state index contributed by atoms with van der Waals surface area (Å²) in [4.78, 5) is 36.2. The lowest BCUT2D eigenvalue weighted by atomic mass is 10.00. The molecule has 0 saturated heterocycles. The Bertz CT molecular complexity index is 1010. The Hall–Kier alpha value is -3.21. The van der Waals surface area contributed by atoms with E-state index in [0.29, 0.717) is 11.1 Å². The zero-order valence-corrected chi connectivity index (χ0v) is 18.7. The number of ether oxygens (including phenoxy) is 1. The smallest absolute Gasteiger partial charge is 0.310 e. The quantitative estimate of drug-likeness (QED) is 0.215. The first-order valence-corrected chi connectivity index (χ1v) is 11.3. The molecule has 1 heterocycles. The third-order valence-corrected chi connectivity index (χ3v) is 5.85. The van der Waals surface area contributed by atoms with Crippen LogP contribution in [0.5, 0.6) is 0 Å². The van der Waals surface area contributed by atoms with Crippen LogP contribution in [0, 0.1) is 6.92 Å². The molecule has 0 bridgehead atoms. The number of allylic oxidation sites excluding steroid dienone is 1. The molecular formula is C27H31NO4. The molecule has 0 radical (unpaired) electrons. The number of nitrogens with one attached hydrogen (secondary N) is 1. The van der Waals surface area contributed by atoms with Gasteiger partial charge in [0, 0.05) is 0 Å². The van der Waals surface area contributed by atoms with Crippen molar-refractivity contribution in [1.82, 2.24) is 5.32 Å². The second-order valence-electron chi connectivity index (χ2n) is 8.32. The van der Waals surface area contributed by atoms with Crippen LogP contribution in [0.2, 0.25) is 0 Å². The lowest BCUT2D eigenvalue weighted by Crippen LogP contribution is -2.20. The number of esters is 1. The van der Waals surface area contributed by atoms with Gasteiger partial charge in [-0.2, -0.15) is 0 Å². The maximum atomic E-state index is 12.4. The second kappa shape index (κ2) is 11.4. The van der Waals surface area contributed by atoms with Gasteiger partial charge in [0.05, 0.1) is 17.5 Å². The average Bonchev–Trinajstić information content (AvgIpc) is 3.07. The summed E-state index contributed by atoms with van der Waals surface area (Å²) in [7, 11) is 0. The van der Waals surface area contributed by atoms with Crippen LogP contribution in [-0.4, -0.2) is 17.8 Å². The molecule has 0 saturated carbocycles. The van der Waals surface area contributed by atoms with Crippen LogP contribution < -0.4 is 5.32 Å². The van der Waals surface area contributed by atoms with Gasteiger partial charge in [0.25, 0.3) is 11.8 Å². The van der Waals surface area contributed by atoms with Gasteiger partial charge in [0.15, 0.2) is 0 Å². The monoisotopic (exact) mass is 433 g/mol. The summed E-state index contributed by atoms with van der Waals surface area (Å²) in [5.74, 6) is -1.31. The lowest BCUT2D eigenvalue weighted by molar-refractivity contribution is -0.144. The molecule has 2 aromatic rings. The summed E-state index contributed by atoms with van der Waals surface area (Å²) in [5, 5.41) is 2.26. The Morgan fingerprint density at radius 1 is 1.00 bits per heavy atom. The minimum absolute atomic E-state index is 0.0478. The number of amides is 2. The summed E-state index contributed by atoms with van der Waals surface area (Å²) >= 11 is 0. The van der Waals surface area contributed by atoms with Crippen molar-refractivity contribution in [1.29, 1.82) is 0 Å². The Labute approximate surface area is 189 Å². The maximum Gasteiger partial charge on any atom is 0.310 e.